The zero-order chi connectivity index (χ0) is 13.7. The Morgan fingerprint density at radius 1 is 1.32 bits per heavy atom. The Morgan fingerprint density at radius 2 is 2.16 bits per heavy atom. The van der Waals surface area contributed by atoms with Crippen molar-refractivity contribution >= 4 is 11.4 Å². The first-order valence-corrected chi connectivity index (χ1v) is 6.35. The van der Waals surface area contributed by atoms with Gasteiger partial charge in [0.25, 0.3) is 0 Å². The number of anilines is 2. The summed E-state index contributed by atoms with van der Waals surface area (Å²) in [6.07, 6.45) is 3.59. The van der Waals surface area contributed by atoms with E-state index in [4.69, 9.17) is 0 Å². The third-order valence-corrected chi connectivity index (χ3v) is 3.00. The molecule has 0 atom stereocenters. The highest BCUT2D eigenvalue weighted by Gasteiger charge is 2.09. The molecule has 0 aliphatic carbocycles. The number of pyridine rings is 1. The van der Waals surface area contributed by atoms with Gasteiger partial charge in [-0.15, -0.1) is 0 Å². The number of nitrogens with zero attached hydrogens (tertiary/aromatic N) is 2. The minimum atomic E-state index is -0.230. The summed E-state index contributed by atoms with van der Waals surface area (Å²) < 4.78 is 13.3. The Kier molecular flexibility index (Phi) is 4.47. The molecule has 0 spiro atoms. The predicted octanol–water partition coefficient (Wildman–Crippen LogP) is 3.10. The van der Waals surface area contributed by atoms with E-state index in [0.29, 0.717) is 0 Å². The molecule has 0 bridgehead atoms. The Bertz CT molecular complexity index is 542. The van der Waals surface area contributed by atoms with Gasteiger partial charge in [0.2, 0.25) is 0 Å². The maximum atomic E-state index is 13.3. The van der Waals surface area contributed by atoms with Crippen LogP contribution in [0.5, 0.6) is 0 Å². The van der Waals surface area contributed by atoms with E-state index in [2.05, 4.69) is 17.2 Å². The molecule has 3 nitrogen and oxygen atoms in total. The SMILES string of the molecule is CCNCc1cnccc1N(C)c1cccc(F)c1. The van der Waals surface area contributed by atoms with Crippen molar-refractivity contribution in [3.63, 3.8) is 0 Å². The minimum Gasteiger partial charge on any atom is -0.344 e. The van der Waals surface area contributed by atoms with Crippen LogP contribution in [0.4, 0.5) is 15.8 Å². The smallest absolute Gasteiger partial charge is 0.125 e. The maximum Gasteiger partial charge on any atom is 0.125 e. The summed E-state index contributed by atoms with van der Waals surface area (Å²) in [5.74, 6) is -0.230. The molecule has 0 radical (unpaired) electrons. The van der Waals surface area contributed by atoms with Crippen LogP contribution in [-0.2, 0) is 6.54 Å². The van der Waals surface area contributed by atoms with Crippen molar-refractivity contribution in [3.8, 4) is 0 Å². The van der Waals surface area contributed by atoms with Crippen LogP contribution in [0.3, 0.4) is 0 Å². The van der Waals surface area contributed by atoms with Gasteiger partial charge in [0.05, 0.1) is 0 Å². The predicted molar refractivity (Wildman–Crippen MR) is 76.1 cm³/mol. The zero-order valence-electron chi connectivity index (χ0n) is 11.2. The van der Waals surface area contributed by atoms with Gasteiger partial charge in [-0.2, -0.15) is 0 Å². The Hall–Kier alpha value is -1.94. The van der Waals surface area contributed by atoms with Crippen LogP contribution in [0.2, 0.25) is 0 Å². The molecule has 4 heteroatoms. The molecule has 1 N–H and O–H groups in total. The quantitative estimate of drug-likeness (QED) is 0.894. The average molecular weight is 259 g/mol. The summed E-state index contributed by atoms with van der Waals surface area (Å²) in [7, 11) is 1.93. The second kappa shape index (κ2) is 6.29. The van der Waals surface area contributed by atoms with E-state index in [1.54, 1.807) is 12.3 Å². The summed E-state index contributed by atoms with van der Waals surface area (Å²) in [6.45, 7) is 3.71. The summed E-state index contributed by atoms with van der Waals surface area (Å²) in [4.78, 5) is 6.12. The molecule has 1 heterocycles. The van der Waals surface area contributed by atoms with Gasteiger partial charge in [-0.25, -0.2) is 4.39 Å². The lowest BCUT2D eigenvalue weighted by molar-refractivity contribution is 0.628. The molecule has 0 saturated heterocycles. The molecule has 0 amide bonds. The second-order valence-corrected chi connectivity index (χ2v) is 4.32. The van der Waals surface area contributed by atoms with Crippen molar-refractivity contribution in [2.75, 3.05) is 18.5 Å². The summed E-state index contributed by atoms with van der Waals surface area (Å²) in [6, 6.07) is 8.52. The molecule has 0 fully saturated rings. The zero-order valence-corrected chi connectivity index (χ0v) is 11.2. The average Bonchev–Trinajstić information content (AvgIpc) is 2.44. The highest BCUT2D eigenvalue weighted by atomic mass is 19.1. The lowest BCUT2D eigenvalue weighted by atomic mass is 10.2. The second-order valence-electron chi connectivity index (χ2n) is 4.32. The van der Waals surface area contributed by atoms with Crippen LogP contribution in [0.25, 0.3) is 0 Å². The molecule has 2 rings (SSSR count). The van der Waals surface area contributed by atoms with E-state index in [-0.39, 0.29) is 5.82 Å². The van der Waals surface area contributed by atoms with Crippen molar-refractivity contribution in [1.29, 1.82) is 0 Å². The van der Waals surface area contributed by atoms with Crippen LogP contribution in [-0.4, -0.2) is 18.6 Å². The van der Waals surface area contributed by atoms with Gasteiger partial charge < -0.3 is 10.2 Å². The molecule has 100 valence electrons. The molecule has 1 aromatic heterocycles. The van der Waals surface area contributed by atoms with Crippen molar-refractivity contribution in [2.24, 2.45) is 0 Å². The number of hydrogen-bond donors (Lipinski definition) is 1. The van der Waals surface area contributed by atoms with E-state index in [1.165, 1.54) is 12.1 Å². The van der Waals surface area contributed by atoms with E-state index < -0.39 is 0 Å². The molecule has 0 aliphatic heterocycles. The lowest BCUT2D eigenvalue weighted by Crippen LogP contribution is -2.17. The lowest BCUT2D eigenvalue weighted by Gasteiger charge is -2.22. The monoisotopic (exact) mass is 259 g/mol. The van der Waals surface area contributed by atoms with Crippen LogP contribution in [0, 0.1) is 5.82 Å². The van der Waals surface area contributed by atoms with Crippen LogP contribution in [0.15, 0.2) is 42.7 Å². The van der Waals surface area contributed by atoms with Gasteiger partial charge in [0, 0.05) is 42.9 Å². The standard InChI is InChI=1S/C15H18FN3/c1-3-17-10-12-11-18-8-7-15(12)19(2)14-6-4-5-13(16)9-14/h4-9,11,17H,3,10H2,1-2H3. The van der Waals surface area contributed by atoms with E-state index in [9.17, 15) is 4.39 Å². The van der Waals surface area contributed by atoms with Crippen LogP contribution < -0.4 is 10.2 Å². The largest absolute Gasteiger partial charge is 0.344 e. The summed E-state index contributed by atoms with van der Waals surface area (Å²) in [5.41, 5.74) is 2.95. The Balaban J connectivity index is 2.30. The number of rotatable bonds is 5. The van der Waals surface area contributed by atoms with Crippen molar-refractivity contribution in [3.05, 3.63) is 54.1 Å². The first kappa shape index (κ1) is 13.5. The van der Waals surface area contributed by atoms with Gasteiger partial charge >= 0.3 is 0 Å². The number of halogens is 1. The Labute approximate surface area is 113 Å². The van der Waals surface area contributed by atoms with E-state index in [1.807, 2.05) is 30.3 Å². The fraction of sp³-hybridized carbons (Fsp3) is 0.267. The number of aromatic nitrogens is 1. The molecular formula is C15H18FN3. The van der Waals surface area contributed by atoms with E-state index >= 15 is 0 Å². The molecular weight excluding hydrogens is 241 g/mol. The third-order valence-electron chi connectivity index (χ3n) is 3.00. The van der Waals surface area contributed by atoms with Crippen molar-refractivity contribution in [1.82, 2.24) is 10.3 Å². The van der Waals surface area contributed by atoms with Crippen molar-refractivity contribution < 1.29 is 4.39 Å². The molecule has 19 heavy (non-hydrogen) atoms. The number of hydrogen-bond acceptors (Lipinski definition) is 3. The minimum absolute atomic E-state index is 0.230. The van der Waals surface area contributed by atoms with Gasteiger partial charge in [-0.3, -0.25) is 4.98 Å². The highest BCUT2D eigenvalue weighted by molar-refractivity contribution is 5.65. The van der Waals surface area contributed by atoms with Gasteiger partial charge in [0.1, 0.15) is 5.82 Å². The molecule has 0 aliphatic rings. The van der Waals surface area contributed by atoms with Gasteiger partial charge in [0.15, 0.2) is 0 Å². The topological polar surface area (TPSA) is 28.2 Å². The number of benzene rings is 1. The van der Waals surface area contributed by atoms with Crippen molar-refractivity contribution in [2.45, 2.75) is 13.5 Å². The molecule has 0 saturated carbocycles. The maximum absolute atomic E-state index is 13.3. The van der Waals surface area contributed by atoms with E-state index in [0.717, 1.165) is 30.0 Å². The van der Waals surface area contributed by atoms with Gasteiger partial charge in [-0.1, -0.05) is 13.0 Å². The fourth-order valence-electron chi connectivity index (χ4n) is 1.97. The molecule has 1 aromatic carbocycles. The third kappa shape index (κ3) is 3.29. The first-order valence-electron chi connectivity index (χ1n) is 6.35. The normalized spacial score (nSPS) is 10.5. The Morgan fingerprint density at radius 3 is 2.89 bits per heavy atom. The molecule has 0 unspecified atom stereocenters. The highest BCUT2D eigenvalue weighted by Crippen LogP contribution is 2.26. The summed E-state index contributed by atoms with van der Waals surface area (Å²) in [5, 5.41) is 3.28. The fourth-order valence-corrected chi connectivity index (χ4v) is 1.97. The van der Waals surface area contributed by atoms with Gasteiger partial charge in [-0.05, 0) is 30.8 Å². The molecule has 2 aromatic rings. The first-order chi connectivity index (χ1) is 9.22. The summed E-state index contributed by atoms with van der Waals surface area (Å²) >= 11 is 0. The van der Waals surface area contributed by atoms with Crippen LogP contribution in [0.1, 0.15) is 12.5 Å². The van der Waals surface area contributed by atoms with Crippen LogP contribution >= 0.6 is 0 Å². The number of nitrogens with one attached hydrogen (secondary N) is 1.